The molecule has 0 saturated heterocycles. The molecule has 2 aromatic carbocycles. The first-order chi connectivity index (χ1) is 10.0. The van der Waals surface area contributed by atoms with Gasteiger partial charge in [-0.25, -0.2) is 8.78 Å². The van der Waals surface area contributed by atoms with E-state index < -0.39 is 17.7 Å². The monoisotopic (exact) mass is 294 g/mol. The van der Waals surface area contributed by atoms with Gasteiger partial charge < -0.3 is 14.6 Å². The van der Waals surface area contributed by atoms with Crippen LogP contribution in [0.25, 0.3) is 0 Å². The molecule has 1 N–H and O–H groups in total. The fourth-order valence-electron chi connectivity index (χ4n) is 2.17. The number of methoxy groups -OCH3 is 2. The van der Waals surface area contributed by atoms with Crippen LogP contribution in [0.2, 0.25) is 0 Å². The molecule has 0 fully saturated rings. The highest BCUT2D eigenvalue weighted by atomic mass is 19.2. The van der Waals surface area contributed by atoms with E-state index in [9.17, 15) is 13.9 Å². The lowest BCUT2D eigenvalue weighted by Gasteiger charge is -2.18. The Hall–Kier alpha value is -2.14. The van der Waals surface area contributed by atoms with Crippen LogP contribution in [-0.2, 0) is 0 Å². The molecule has 2 aromatic rings. The molecule has 112 valence electrons. The number of benzene rings is 2. The zero-order valence-electron chi connectivity index (χ0n) is 12.0. The molecule has 0 aromatic heterocycles. The summed E-state index contributed by atoms with van der Waals surface area (Å²) in [6.45, 7) is 1.46. The lowest BCUT2D eigenvalue weighted by atomic mass is 9.98. The number of halogens is 2. The van der Waals surface area contributed by atoms with E-state index in [2.05, 4.69) is 0 Å². The van der Waals surface area contributed by atoms with Crippen LogP contribution in [0.1, 0.15) is 22.8 Å². The summed E-state index contributed by atoms with van der Waals surface area (Å²) in [7, 11) is 2.88. The topological polar surface area (TPSA) is 38.7 Å². The largest absolute Gasteiger partial charge is 0.493 e. The van der Waals surface area contributed by atoms with Crippen molar-refractivity contribution in [3.05, 3.63) is 58.7 Å². The summed E-state index contributed by atoms with van der Waals surface area (Å²) in [5, 5.41) is 10.4. The van der Waals surface area contributed by atoms with E-state index in [1.165, 1.54) is 33.3 Å². The first kappa shape index (κ1) is 15.3. The molecule has 21 heavy (non-hydrogen) atoms. The summed E-state index contributed by atoms with van der Waals surface area (Å²) in [4.78, 5) is 0. The Balaban J connectivity index is 2.55. The number of para-hydroxylation sites is 1. The van der Waals surface area contributed by atoms with Crippen molar-refractivity contribution in [2.45, 2.75) is 13.0 Å². The molecule has 0 saturated carbocycles. The Bertz CT molecular complexity index is 656. The highest BCUT2D eigenvalue weighted by Gasteiger charge is 2.23. The quantitative estimate of drug-likeness (QED) is 0.939. The Morgan fingerprint density at radius 1 is 0.952 bits per heavy atom. The van der Waals surface area contributed by atoms with Crippen molar-refractivity contribution in [3.63, 3.8) is 0 Å². The summed E-state index contributed by atoms with van der Waals surface area (Å²) in [6.07, 6.45) is -1.36. The Morgan fingerprint density at radius 3 is 2.29 bits per heavy atom. The van der Waals surface area contributed by atoms with Crippen LogP contribution in [0.4, 0.5) is 8.78 Å². The van der Waals surface area contributed by atoms with Crippen LogP contribution in [0, 0.1) is 18.6 Å². The van der Waals surface area contributed by atoms with Crippen LogP contribution in [0.15, 0.2) is 30.3 Å². The number of hydrogen-bond donors (Lipinski definition) is 1. The van der Waals surface area contributed by atoms with Gasteiger partial charge in [-0.3, -0.25) is 0 Å². The van der Waals surface area contributed by atoms with Gasteiger partial charge >= 0.3 is 0 Å². The van der Waals surface area contributed by atoms with Gasteiger partial charge in [0, 0.05) is 11.1 Å². The van der Waals surface area contributed by atoms with Crippen LogP contribution < -0.4 is 9.47 Å². The standard InChI is InChI=1S/C16H16F2O3/c1-9-7-8-10(14(18)13(9)17)15(19)11-5-4-6-12(20-2)16(11)21-3/h4-8,15,19H,1-3H3. The predicted octanol–water partition coefficient (Wildman–Crippen LogP) is 3.37. The number of ether oxygens (including phenoxy) is 2. The summed E-state index contributed by atoms with van der Waals surface area (Å²) >= 11 is 0. The van der Waals surface area contributed by atoms with E-state index in [0.717, 1.165) is 0 Å². The average Bonchev–Trinajstić information content (AvgIpc) is 2.51. The molecule has 2 rings (SSSR count). The van der Waals surface area contributed by atoms with Crippen LogP contribution in [0.5, 0.6) is 11.5 Å². The van der Waals surface area contributed by atoms with Crippen molar-refractivity contribution in [2.24, 2.45) is 0 Å². The van der Waals surface area contributed by atoms with E-state index in [4.69, 9.17) is 9.47 Å². The molecule has 1 atom stereocenters. The van der Waals surface area contributed by atoms with Crippen molar-refractivity contribution in [3.8, 4) is 11.5 Å². The van der Waals surface area contributed by atoms with Crippen molar-refractivity contribution in [2.75, 3.05) is 14.2 Å². The molecule has 0 aliphatic rings. The van der Waals surface area contributed by atoms with Crippen molar-refractivity contribution in [1.82, 2.24) is 0 Å². The molecular formula is C16H16F2O3. The maximum atomic E-state index is 14.0. The second-order valence-electron chi connectivity index (χ2n) is 4.58. The molecule has 0 amide bonds. The SMILES string of the molecule is COc1cccc(C(O)c2ccc(C)c(F)c2F)c1OC. The van der Waals surface area contributed by atoms with E-state index in [1.807, 2.05) is 0 Å². The van der Waals surface area contributed by atoms with Gasteiger partial charge in [-0.1, -0.05) is 24.3 Å². The first-order valence-corrected chi connectivity index (χ1v) is 6.34. The Kier molecular flexibility index (Phi) is 4.43. The third-order valence-corrected chi connectivity index (χ3v) is 3.33. The van der Waals surface area contributed by atoms with E-state index in [-0.39, 0.29) is 16.9 Å². The van der Waals surface area contributed by atoms with E-state index >= 15 is 0 Å². The van der Waals surface area contributed by atoms with E-state index in [0.29, 0.717) is 11.3 Å². The number of aliphatic hydroxyl groups excluding tert-OH is 1. The Morgan fingerprint density at radius 2 is 1.67 bits per heavy atom. The molecule has 0 spiro atoms. The summed E-state index contributed by atoms with van der Waals surface area (Å²) < 4.78 is 38.0. The Labute approximate surface area is 121 Å². The zero-order valence-corrected chi connectivity index (χ0v) is 12.0. The molecule has 5 heteroatoms. The zero-order chi connectivity index (χ0) is 15.6. The summed E-state index contributed by atoms with van der Waals surface area (Å²) in [6, 6.07) is 7.65. The molecule has 3 nitrogen and oxygen atoms in total. The van der Waals surface area contributed by atoms with Gasteiger partial charge in [0.15, 0.2) is 23.1 Å². The van der Waals surface area contributed by atoms with Gasteiger partial charge in [0.1, 0.15) is 6.10 Å². The molecule has 0 radical (unpaired) electrons. The molecular weight excluding hydrogens is 278 g/mol. The van der Waals surface area contributed by atoms with Crippen molar-refractivity contribution >= 4 is 0 Å². The van der Waals surface area contributed by atoms with Gasteiger partial charge in [-0.2, -0.15) is 0 Å². The minimum absolute atomic E-state index is 0.148. The number of hydrogen-bond acceptors (Lipinski definition) is 3. The van der Waals surface area contributed by atoms with Gasteiger partial charge in [0.2, 0.25) is 0 Å². The predicted molar refractivity (Wildman–Crippen MR) is 74.7 cm³/mol. The third-order valence-electron chi connectivity index (χ3n) is 3.33. The van der Waals surface area contributed by atoms with Crippen molar-refractivity contribution in [1.29, 1.82) is 0 Å². The van der Waals surface area contributed by atoms with Crippen LogP contribution in [0.3, 0.4) is 0 Å². The first-order valence-electron chi connectivity index (χ1n) is 6.34. The lowest BCUT2D eigenvalue weighted by Crippen LogP contribution is -2.07. The minimum atomic E-state index is -1.36. The normalized spacial score (nSPS) is 12.1. The average molecular weight is 294 g/mol. The second kappa shape index (κ2) is 6.10. The highest BCUT2D eigenvalue weighted by molar-refractivity contribution is 5.50. The van der Waals surface area contributed by atoms with Crippen LogP contribution >= 0.6 is 0 Å². The summed E-state index contributed by atoms with van der Waals surface area (Å²) in [5.74, 6) is -1.34. The maximum absolute atomic E-state index is 14.0. The fourth-order valence-corrected chi connectivity index (χ4v) is 2.17. The molecule has 0 aliphatic carbocycles. The molecule has 1 unspecified atom stereocenters. The van der Waals surface area contributed by atoms with Gasteiger partial charge in [-0.15, -0.1) is 0 Å². The smallest absolute Gasteiger partial charge is 0.166 e. The molecule has 0 aliphatic heterocycles. The van der Waals surface area contributed by atoms with Gasteiger partial charge in [0.25, 0.3) is 0 Å². The van der Waals surface area contributed by atoms with Gasteiger partial charge in [-0.05, 0) is 18.6 Å². The fraction of sp³-hybridized carbons (Fsp3) is 0.250. The molecule has 0 bridgehead atoms. The lowest BCUT2D eigenvalue weighted by molar-refractivity contribution is 0.206. The molecule has 0 heterocycles. The number of aliphatic hydroxyl groups is 1. The van der Waals surface area contributed by atoms with Crippen molar-refractivity contribution < 1.29 is 23.4 Å². The minimum Gasteiger partial charge on any atom is -0.493 e. The third kappa shape index (κ3) is 2.69. The second-order valence-corrected chi connectivity index (χ2v) is 4.58. The maximum Gasteiger partial charge on any atom is 0.166 e. The highest BCUT2D eigenvalue weighted by Crippen LogP contribution is 2.38. The van der Waals surface area contributed by atoms with E-state index in [1.54, 1.807) is 18.2 Å². The number of rotatable bonds is 4. The summed E-state index contributed by atoms with van der Waals surface area (Å²) in [5.41, 5.74) is 0.338. The van der Waals surface area contributed by atoms with Crippen LogP contribution in [-0.4, -0.2) is 19.3 Å². The number of aryl methyl sites for hydroxylation is 1. The van der Waals surface area contributed by atoms with Gasteiger partial charge in [0.05, 0.1) is 14.2 Å².